The van der Waals surface area contributed by atoms with Crippen LogP contribution in [0.1, 0.15) is 52.9 Å². The fourth-order valence-corrected chi connectivity index (χ4v) is 3.90. The van der Waals surface area contributed by atoms with Gasteiger partial charge in [-0.3, -0.25) is 4.99 Å². The lowest BCUT2D eigenvalue weighted by Crippen LogP contribution is -2.42. The zero-order valence-electron chi connectivity index (χ0n) is 17.8. The predicted octanol–water partition coefficient (Wildman–Crippen LogP) is 4.02. The van der Waals surface area contributed by atoms with Crippen molar-refractivity contribution in [2.45, 2.75) is 58.5 Å². The third-order valence-corrected chi connectivity index (χ3v) is 5.27. The molecule has 0 aromatic heterocycles. The first-order valence-corrected chi connectivity index (χ1v) is 10.6. The molecule has 0 radical (unpaired) electrons. The monoisotopic (exact) mass is 502 g/mol. The smallest absolute Gasteiger partial charge is 0.191 e. The van der Waals surface area contributed by atoms with E-state index in [2.05, 4.69) is 66.6 Å². The van der Waals surface area contributed by atoms with Crippen molar-refractivity contribution in [3.8, 4) is 0 Å². The van der Waals surface area contributed by atoms with Gasteiger partial charge in [0.25, 0.3) is 0 Å². The van der Waals surface area contributed by atoms with Gasteiger partial charge in [-0.1, -0.05) is 44.9 Å². The van der Waals surface area contributed by atoms with Gasteiger partial charge >= 0.3 is 0 Å². The lowest BCUT2D eigenvalue weighted by molar-refractivity contribution is 0.0306. The number of nitrogens with one attached hydrogen (secondary N) is 2. The van der Waals surface area contributed by atoms with Crippen LogP contribution in [0.25, 0.3) is 0 Å². The van der Waals surface area contributed by atoms with Crippen molar-refractivity contribution < 1.29 is 5.11 Å². The van der Waals surface area contributed by atoms with Gasteiger partial charge in [-0.25, -0.2) is 0 Å². The Morgan fingerprint density at radius 2 is 1.82 bits per heavy atom. The molecule has 0 saturated carbocycles. The number of rotatable bonds is 10. The number of nitrogens with zero attached hydrogens (tertiary/aromatic N) is 2. The Hall–Kier alpha value is -1.02. The van der Waals surface area contributed by atoms with E-state index < -0.39 is 5.60 Å². The van der Waals surface area contributed by atoms with Crippen LogP contribution in [0.4, 0.5) is 5.69 Å². The molecular formula is C22H39IN4O. The average Bonchev–Trinajstić information content (AvgIpc) is 3.14. The highest BCUT2D eigenvalue weighted by Crippen LogP contribution is 2.23. The summed E-state index contributed by atoms with van der Waals surface area (Å²) in [7, 11) is 0. The van der Waals surface area contributed by atoms with Crippen LogP contribution < -0.4 is 15.5 Å². The molecule has 3 N–H and O–H groups in total. The predicted molar refractivity (Wildman–Crippen MR) is 131 cm³/mol. The van der Waals surface area contributed by atoms with Crippen LogP contribution in [0.5, 0.6) is 0 Å². The summed E-state index contributed by atoms with van der Waals surface area (Å²) in [5, 5.41) is 17.6. The second-order valence-electron chi connectivity index (χ2n) is 7.74. The van der Waals surface area contributed by atoms with E-state index in [0.717, 1.165) is 57.8 Å². The van der Waals surface area contributed by atoms with E-state index in [1.54, 1.807) is 0 Å². The second kappa shape index (κ2) is 13.2. The maximum absolute atomic E-state index is 10.8. The van der Waals surface area contributed by atoms with Crippen LogP contribution in [0.2, 0.25) is 0 Å². The van der Waals surface area contributed by atoms with E-state index in [4.69, 9.17) is 4.99 Å². The fourth-order valence-electron chi connectivity index (χ4n) is 3.90. The number of benzene rings is 1. The maximum atomic E-state index is 10.8. The summed E-state index contributed by atoms with van der Waals surface area (Å²) in [6.07, 6.45) is 4.76. The van der Waals surface area contributed by atoms with Crippen molar-refractivity contribution in [2.75, 3.05) is 37.6 Å². The van der Waals surface area contributed by atoms with Gasteiger partial charge in [-0.2, -0.15) is 0 Å². The minimum Gasteiger partial charge on any atom is -0.388 e. The summed E-state index contributed by atoms with van der Waals surface area (Å²) in [4.78, 5) is 7.15. The number of aliphatic imine (C=N–C) groups is 1. The number of para-hydroxylation sites is 1. The first-order chi connectivity index (χ1) is 13.1. The molecule has 1 aromatic carbocycles. The highest BCUT2D eigenvalue weighted by molar-refractivity contribution is 14.0. The number of anilines is 1. The van der Waals surface area contributed by atoms with Crippen LogP contribution in [-0.4, -0.2) is 49.4 Å². The summed E-state index contributed by atoms with van der Waals surface area (Å²) in [6, 6.07) is 10.6. The minimum atomic E-state index is -0.677. The zero-order chi connectivity index (χ0) is 19.5. The third kappa shape index (κ3) is 8.15. The molecule has 1 heterocycles. The summed E-state index contributed by atoms with van der Waals surface area (Å²) in [5.74, 6) is 1.43. The van der Waals surface area contributed by atoms with Gasteiger partial charge in [-0.05, 0) is 44.2 Å². The molecule has 2 rings (SSSR count). The van der Waals surface area contributed by atoms with Gasteiger partial charge in [0.15, 0.2) is 5.96 Å². The Kier molecular flexibility index (Phi) is 11.8. The normalized spacial score (nSPS) is 17.4. The van der Waals surface area contributed by atoms with Gasteiger partial charge in [0.2, 0.25) is 0 Å². The molecule has 160 valence electrons. The summed E-state index contributed by atoms with van der Waals surface area (Å²) >= 11 is 0. The molecule has 1 atom stereocenters. The van der Waals surface area contributed by atoms with Crippen molar-refractivity contribution in [1.82, 2.24) is 10.6 Å². The molecule has 1 aliphatic heterocycles. The number of guanidine groups is 1. The van der Waals surface area contributed by atoms with Crippen LogP contribution >= 0.6 is 24.0 Å². The molecule has 1 unspecified atom stereocenters. The third-order valence-electron chi connectivity index (χ3n) is 5.27. The number of halogens is 1. The highest BCUT2D eigenvalue weighted by atomic mass is 127. The first kappa shape index (κ1) is 25.0. The Balaban J connectivity index is 0.00000392. The van der Waals surface area contributed by atoms with Crippen molar-refractivity contribution in [3.05, 3.63) is 30.3 Å². The van der Waals surface area contributed by atoms with E-state index in [9.17, 15) is 5.11 Å². The van der Waals surface area contributed by atoms with Crippen molar-refractivity contribution in [3.63, 3.8) is 0 Å². The Morgan fingerprint density at radius 1 is 1.14 bits per heavy atom. The lowest BCUT2D eigenvalue weighted by atomic mass is 9.93. The summed E-state index contributed by atoms with van der Waals surface area (Å²) in [5.41, 5.74) is 0.633. The molecule has 1 saturated heterocycles. The molecule has 28 heavy (non-hydrogen) atoms. The Morgan fingerprint density at radius 3 is 2.43 bits per heavy atom. The molecule has 1 aromatic rings. The SMILES string of the molecule is CCCC(O)(CCC)CN=C(NCC)NCC1CCN(c2ccccc2)C1.I. The van der Waals surface area contributed by atoms with E-state index in [-0.39, 0.29) is 24.0 Å². The van der Waals surface area contributed by atoms with Crippen LogP contribution in [0, 0.1) is 5.92 Å². The van der Waals surface area contributed by atoms with E-state index >= 15 is 0 Å². The molecule has 5 nitrogen and oxygen atoms in total. The summed E-state index contributed by atoms with van der Waals surface area (Å²) in [6.45, 7) is 10.7. The fraction of sp³-hybridized carbons (Fsp3) is 0.682. The van der Waals surface area contributed by atoms with Gasteiger partial charge in [-0.15, -0.1) is 24.0 Å². The molecule has 1 aliphatic rings. The second-order valence-corrected chi connectivity index (χ2v) is 7.74. The van der Waals surface area contributed by atoms with Crippen LogP contribution in [-0.2, 0) is 0 Å². The van der Waals surface area contributed by atoms with E-state index in [1.807, 2.05) is 0 Å². The number of hydrogen-bond acceptors (Lipinski definition) is 3. The molecule has 0 amide bonds. The minimum absolute atomic E-state index is 0. The largest absolute Gasteiger partial charge is 0.388 e. The zero-order valence-corrected chi connectivity index (χ0v) is 20.1. The lowest BCUT2D eigenvalue weighted by Gasteiger charge is -2.26. The van der Waals surface area contributed by atoms with Crippen molar-refractivity contribution >= 4 is 35.6 Å². The topological polar surface area (TPSA) is 59.9 Å². The molecule has 0 spiro atoms. The van der Waals surface area contributed by atoms with E-state index in [0.29, 0.717) is 12.5 Å². The Bertz CT molecular complexity index is 561. The van der Waals surface area contributed by atoms with Crippen molar-refractivity contribution in [2.24, 2.45) is 10.9 Å². The number of hydrogen-bond donors (Lipinski definition) is 3. The van der Waals surface area contributed by atoms with E-state index in [1.165, 1.54) is 12.1 Å². The maximum Gasteiger partial charge on any atom is 0.191 e. The van der Waals surface area contributed by atoms with Gasteiger partial charge < -0.3 is 20.6 Å². The summed E-state index contributed by atoms with van der Waals surface area (Å²) < 4.78 is 0. The molecule has 6 heteroatoms. The molecular weight excluding hydrogens is 463 g/mol. The van der Waals surface area contributed by atoms with Crippen LogP contribution in [0.3, 0.4) is 0 Å². The quantitative estimate of drug-likeness (QED) is 0.257. The van der Waals surface area contributed by atoms with Crippen molar-refractivity contribution in [1.29, 1.82) is 0 Å². The average molecular weight is 502 g/mol. The van der Waals surface area contributed by atoms with Gasteiger partial charge in [0.1, 0.15) is 0 Å². The van der Waals surface area contributed by atoms with Gasteiger partial charge in [0.05, 0.1) is 12.1 Å². The van der Waals surface area contributed by atoms with Crippen LogP contribution in [0.15, 0.2) is 35.3 Å². The number of aliphatic hydroxyl groups is 1. The standard InChI is InChI=1S/C22H38N4O.HI/c1-4-13-22(27,14-5-2)18-25-21(23-6-3)24-16-19-12-15-26(17-19)20-10-8-7-9-11-20;/h7-11,19,27H,4-6,12-18H2,1-3H3,(H2,23,24,25);1H. The molecule has 0 aliphatic carbocycles. The Labute approximate surface area is 188 Å². The molecule has 1 fully saturated rings. The highest BCUT2D eigenvalue weighted by Gasteiger charge is 2.25. The molecule has 0 bridgehead atoms. The first-order valence-electron chi connectivity index (χ1n) is 10.6. The van der Waals surface area contributed by atoms with Gasteiger partial charge in [0, 0.05) is 31.9 Å².